The second kappa shape index (κ2) is 5.92. The van der Waals surface area contributed by atoms with Crippen LogP contribution in [0.2, 0.25) is 0 Å². The van der Waals surface area contributed by atoms with Gasteiger partial charge in [-0.2, -0.15) is 0 Å². The fraction of sp³-hybridized carbons (Fsp3) is 0.500. The van der Waals surface area contributed by atoms with Gasteiger partial charge in [-0.1, -0.05) is 25.1 Å². The van der Waals surface area contributed by atoms with E-state index in [9.17, 15) is 4.79 Å². The van der Waals surface area contributed by atoms with Crippen LogP contribution in [0.3, 0.4) is 0 Å². The maximum Gasteiger partial charge on any atom is 0.224 e. The molecule has 1 unspecified atom stereocenters. The van der Waals surface area contributed by atoms with Gasteiger partial charge in [-0.3, -0.25) is 4.79 Å². The number of allylic oxidation sites excluding steroid dienone is 2. The van der Waals surface area contributed by atoms with Crippen molar-refractivity contribution in [1.29, 1.82) is 0 Å². The molecule has 0 bridgehead atoms. The third-order valence-corrected chi connectivity index (χ3v) is 4.71. The molecule has 0 radical (unpaired) electrons. The number of piperidine rings is 1. The van der Waals surface area contributed by atoms with Crippen molar-refractivity contribution in [3.63, 3.8) is 0 Å². The fourth-order valence-electron chi connectivity index (χ4n) is 3.76. The van der Waals surface area contributed by atoms with E-state index in [1.54, 1.807) is 7.11 Å². The molecule has 1 heterocycles. The summed E-state index contributed by atoms with van der Waals surface area (Å²) >= 11 is 0. The molecule has 0 spiro atoms. The van der Waals surface area contributed by atoms with Gasteiger partial charge in [0.2, 0.25) is 5.91 Å². The normalized spacial score (nSPS) is 28.4. The van der Waals surface area contributed by atoms with Gasteiger partial charge in [0.05, 0.1) is 7.11 Å². The van der Waals surface area contributed by atoms with Crippen LogP contribution in [0.4, 0.5) is 0 Å². The summed E-state index contributed by atoms with van der Waals surface area (Å²) in [5, 5.41) is 3.08. The number of hydrogen-bond donors (Lipinski definition) is 1. The number of carbonyl (C=O) groups excluding carboxylic acids is 1. The van der Waals surface area contributed by atoms with E-state index in [2.05, 4.69) is 36.5 Å². The number of nitrogens with one attached hydrogen (secondary N) is 1. The molecule has 1 aromatic carbocycles. The predicted molar refractivity (Wildman–Crippen MR) is 82.9 cm³/mol. The van der Waals surface area contributed by atoms with Gasteiger partial charge in [0.1, 0.15) is 5.75 Å². The molecule has 21 heavy (non-hydrogen) atoms. The van der Waals surface area contributed by atoms with Crippen molar-refractivity contribution < 1.29 is 9.53 Å². The summed E-state index contributed by atoms with van der Waals surface area (Å²) in [7, 11) is 1.71. The molecule has 1 amide bonds. The molecule has 1 fully saturated rings. The van der Waals surface area contributed by atoms with Crippen molar-refractivity contribution in [2.24, 2.45) is 17.8 Å². The highest BCUT2D eigenvalue weighted by Gasteiger charge is 2.34. The van der Waals surface area contributed by atoms with Gasteiger partial charge in [0.15, 0.2) is 0 Å². The zero-order valence-corrected chi connectivity index (χ0v) is 12.8. The van der Waals surface area contributed by atoms with Gasteiger partial charge in [-0.25, -0.2) is 0 Å². The summed E-state index contributed by atoms with van der Waals surface area (Å²) in [6.45, 7) is 2.24. The Kier molecular flexibility index (Phi) is 4.00. The predicted octanol–water partition coefficient (Wildman–Crippen LogP) is 3.30. The van der Waals surface area contributed by atoms with Gasteiger partial charge in [-0.05, 0) is 48.8 Å². The highest BCUT2D eigenvalue weighted by Crippen LogP contribution is 2.39. The number of methoxy groups -OCH3 is 1. The van der Waals surface area contributed by atoms with Gasteiger partial charge in [0, 0.05) is 18.0 Å². The van der Waals surface area contributed by atoms with E-state index in [-0.39, 0.29) is 5.91 Å². The van der Waals surface area contributed by atoms with E-state index in [4.69, 9.17) is 4.74 Å². The summed E-state index contributed by atoms with van der Waals surface area (Å²) in [6.07, 6.45) is 6.15. The van der Waals surface area contributed by atoms with E-state index in [0.29, 0.717) is 24.2 Å². The molecular formula is C18H23NO2. The number of rotatable bonds is 3. The average molecular weight is 285 g/mol. The Bertz CT molecular complexity index is 564. The first-order chi connectivity index (χ1) is 10.2. The number of benzene rings is 1. The maximum atomic E-state index is 11.6. The van der Waals surface area contributed by atoms with Gasteiger partial charge >= 0.3 is 0 Å². The highest BCUT2D eigenvalue weighted by atomic mass is 16.5. The van der Waals surface area contributed by atoms with Gasteiger partial charge < -0.3 is 10.1 Å². The molecule has 3 rings (SSSR count). The topological polar surface area (TPSA) is 38.3 Å². The van der Waals surface area contributed by atoms with Crippen molar-refractivity contribution in [3.05, 3.63) is 41.6 Å². The number of fused-ring (bicyclic) bond motifs is 1. The zero-order valence-electron chi connectivity index (χ0n) is 12.8. The van der Waals surface area contributed by atoms with Crippen molar-refractivity contribution in [2.75, 3.05) is 7.11 Å². The second-order valence-corrected chi connectivity index (χ2v) is 6.34. The first-order valence-corrected chi connectivity index (χ1v) is 7.80. The molecule has 112 valence electrons. The summed E-state index contributed by atoms with van der Waals surface area (Å²) in [5.41, 5.74) is 2.49. The molecule has 1 aromatic rings. The lowest BCUT2D eigenvalue weighted by Gasteiger charge is -2.38. The largest absolute Gasteiger partial charge is 0.497 e. The quantitative estimate of drug-likeness (QED) is 0.925. The standard InChI is InChI=1S/C18H23NO2/c1-12-8-14(10-13-4-3-5-15(11-13)21-2)16-6-7-18(20)19-17(16)9-12/h3-5,9,11-12,14,16H,6-8,10H2,1-2H3,(H,19,20)/t12-,14+,16?/m1/s1. The fourth-order valence-corrected chi connectivity index (χ4v) is 3.76. The lowest BCUT2D eigenvalue weighted by molar-refractivity contribution is -0.122. The molecule has 3 nitrogen and oxygen atoms in total. The maximum absolute atomic E-state index is 11.6. The summed E-state index contributed by atoms with van der Waals surface area (Å²) in [6, 6.07) is 8.34. The third kappa shape index (κ3) is 3.12. The number of ether oxygens (including phenoxy) is 1. The molecule has 1 saturated heterocycles. The Labute approximate surface area is 126 Å². The van der Waals surface area contributed by atoms with Crippen molar-refractivity contribution in [3.8, 4) is 5.75 Å². The van der Waals surface area contributed by atoms with Crippen LogP contribution in [0.5, 0.6) is 5.75 Å². The van der Waals surface area contributed by atoms with Crippen LogP contribution < -0.4 is 10.1 Å². The molecule has 1 aliphatic heterocycles. The minimum Gasteiger partial charge on any atom is -0.497 e. The Morgan fingerprint density at radius 3 is 3.05 bits per heavy atom. The highest BCUT2D eigenvalue weighted by molar-refractivity contribution is 5.79. The van der Waals surface area contributed by atoms with Crippen LogP contribution in [-0.2, 0) is 11.2 Å². The van der Waals surface area contributed by atoms with Crippen molar-refractivity contribution in [1.82, 2.24) is 5.32 Å². The minimum atomic E-state index is 0.173. The van der Waals surface area contributed by atoms with Crippen LogP contribution in [0, 0.1) is 17.8 Å². The van der Waals surface area contributed by atoms with Crippen LogP contribution >= 0.6 is 0 Å². The van der Waals surface area contributed by atoms with E-state index in [0.717, 1.165) is 24.3 Å². The molecule has 1 aliphatic carbocycles. The average Bonchev–Trinajstić information content (AvgIpc) is 2.46. The third-order valence-electron chi connectivity index (χ3n) is 4.71. The van der Waals surface area contributed by atoms with Crippen molar-refractivity contribution in [2.45, 2.75) is 32.6 Å². The Morgan fingerprint density at radius 1 is 1.38 bits per heavy atom. The zero-order chi connectivity index (χ0) is 14.8. The molecule has 1 N–H and O–H groups in total. The van der Waals surface area contributed by atoms with Gasteiger partial charge in [0.25, 0.3) is 0 Å². The first kappa shape index (κ1) is 14.2. The van der Waals surface area contributed by atoms with Crippen LogP contribution in [-0.4, -0.2) is 13.0 Å². The minimum absolute atomic E-state index is 0.173. The van der Waals surface area contributed by atoms with E-state index >= 15 is 0 Å². The molecule has 0 aromatic heterocycles. The lowest BCUT2D eigenvalue weighted by Crippen LogP contribution is -2.39. The molecule has 0 saturated carbocycles. The SMILES string of the molecule is COc1cccc(C[C@@H]2C[C@@H](C)C=C3NC(=O)CCC32)c1. The smallest absolute Gasteiger partial charge is 0.224 e. The lowest BCUT2D eigenvalue weighted by atomic mass is 9.71. The Balaban J connectivity index is 1.78. The second-order valence-electron chi connectivity index (χ2n) is 6.34. The number of hydrogen-bond acceptors (Lipinski definition) is 2. The van der Waals surface area contributed by atoms with Crippen LogP contribution in [0.15, 0.2) is 36.0 Å². The molecule has 3 atom stereocenters. The number of carbonyl (C=O) groups is 1. The van der Waals surface area contributed by atoms with Crippen LogP contribution in [0.1, 0.15) is 31.7 Å². The van der Waals surface area contributed by atoms with E-state index in [1.807, 2.05) is 6.07 Å². The summed E-state index contributed by atoms with van der Waals surface area (Å²) < 4.78 is 5.32. The van der Waals surface area contributed by atoms with Gasteiger partial charge in [-0.15, -0.1) is 0 Å². The Morgan fingerprint density at radius 2 is 2.24 bits per heavy atom. The summed E-state index contributed by atoms with van der Waals surface area (Å²) in [5.74, 6) is 2.74. The van der Waals surface area contributed by atoms with Crippen LogP contribution in [0.25, 0.3) is 0 Å². The molecular weight excluding hydrogens is 262 g/mol. The molecule has 3 heteroatoms. The first-order valence-electron chi connectivity index (χ1n) is 7.80. The number of amides is 1. The van der Waals surface area contributed by atoms with E-state index in [1.165, 1.54) is 12.0 Å². The summed E-state index contributed by atoms with van der Waals surface area (Å²) in [4.78, 5) is 11.6. The molecule has 2 aliphatic rings. The Hall–Kier alpha value is -1.77. The van der Waals surface area contributed by atoms with Crippen molar-refractivity contribution >= 4 is 5.91 Å². The monoisotopic (exact) mass is 285 g/mol. The van der Waals surface area contributed by atoms with E-state index < -0.39 is 0 Å².